The van der Waals surface area contributed by atoms with Gasteiger partial charge in [-0.05, 0) is 42.5 Å². The normalized spacial score (nSPS) is 14.2. The highest BCUT2D eigenvalue weighted by Gasteiger charge is 2.19. The lowest BCUT2D eigenvalue weighted by Gasteiger charge is -2.08. The molecular weight excluding hydrogens is 265 g/mol. The zero-order valence-electron chi connectivity index (χ0n) is 12.2. The van der Waals surface area contributed by atoms with E-state index >= 15 is 0 Å². The standard InChI is InChI=1S/C18H20FNO/c1-13-2-9-17(10-18(13)19)21-12-15-5-3-14(4-6-15)11-20-16-7-8-16/h2-6,9-10,16,20H,7-8,11-12H2,1H3. The average molecular weight is 285 g/mol. The van der Waals surface area contributed by atoms with Gasteiger partial charge in [0.25, 0.3) is 0 Å². The van der Waals surface area contributed by atoms with Gasteiger partial charge in [-0.2, -0.15) is 0 Å². The van der Waals surface area contributed by atoms with Crippen molar-refractivity contribution in [2.45, 2.75) is 39.0 Å². The van der Waals surface area contributed by atoms with Crippen LogP contribution in [-0.4, -0.2) is 6.04 Å². The molecule has 1 aliphatic carbocycles. The van der Waals surface area contributed by atoms with Gasteiger partial charge in [0, 0.05) is 18.7 Å². The first kappa shape index (κ1) is 14.1. The second kappa shape index (κ2) is 6.27. The second-order valence-electron chi connectivity index (χ2n) is 5.67. The summed E-state index contributed by atoms with van der Waals surface area (Å²) in [7, 11) is 0. The van der Waals surface area contributed by atoms with E-state index in [1.165, 1.54) is 24.5 Å². The van der Waals surface area contributed by atoms with Crippen LogP contribution in [-0.2, 0) is 13.2 Å². The molecule has 1 aliphatic rings. The molecule has 0 aliphatic heterocycles. The molecule has 0 unspecified atom stereocenters. The molecule has 0 amide bonds. The minimum atomic E-state index is -0.228. The van der Waals surface area contributed by atoms with Gasteiger partial charge in [-0.1, -0.05) is 30.3 Å². The summed E-state index contributed by atoms with van der Waals surface area (Å²) in [6.07, 6.45) is 2.61. The Morgan fingerprint density at radius 2 is 1.81 bits per heavy atom. The highest BCUT2D eigenvalue weighted by atomic mass is 19.1. The van der Waals surface area contributed by atoms with Gasteiger partial charge in [-0.25, -0.2) is 4.39 Å². The molecule has 1 saturated carbocycles. The second-order valence-corrected chi connectivity index (χ2v) is 5.67. The summed E-state index contributed by atoms with van der Waals surface area (Å²) in [5.74, 6) is 0.339. The number of hydrogen-bond donors (Lipinski definition) is 1. The largest absolute Gasteiger partial charge is 0.489 e. The maximum absolute atomic E-state index is 13.4. The van der Waals surface area contributed by atoms with Crippen LogP contribution in [0.15, 0.2) is 42.5 Å². The van der Waals surface area contributed by atoms with Gasteiger partial charge in [-0.15, -0.1) is 0 Å². The Balaban J connectivity index is 1.53. The Bertz CT molecular complexity index is 605. The highest BCUT2D eigenvalue weighted by Crippen LogP contribution is 2.20. The first-order valence-electron chi connectivity index (χ1n) is 7.41. The molecule has 3 heteroatoms. The first-order valence-corrected chi connectivity index (χ1v) is 7.41. The van der Waals surface area contributed by atoms with Crippen LogP contribution in [0.2, 0.25) is 0 Å². The molecule has 2 aromatic rings. The van der Waals surface area contributed by atoms with Crippen molar-refractivity contribution >= 4 is 0 Å². The fraction of sp³-hybridized carbons (Fsp3) is 0.333. The van der Waals surface area contributed by atoms with Crippen LogP contribution in [0.1, 0.15) is 29.5 Å². The lowest BCUT2D eigenvalue weighted by molar-refractivity contribution is 0.304. The van der Waals surface area contributed by atoms with E-state index in [1.807, 2.05) is 0 Å². The lowest BCUT2D eigenvalue weighted by atomic mass is 10.1. The number of ether oxygens (including phenoxy) is 1. The first-order chi connectivity index (χ1) is 10.2. The number of hydrogen-bond acceptors (Lipinski definition) is 2. The SMILES string of the molecule is Cc1ccc(OCc2ccc(CNC3CC3)cc2)cc1F. The van der Waals surface area contributed by atoms with Gasteiger partial charge in [0.2, 0.25) is 0 Å². The summed E-state index contributed by atoms with van der Waals surface area (Å²) in [6.45, 7) is 3.13. The fourth-order valence-electron chi connectivity index (χ4n) is 2.13. The molecule has 1 fully saturated rings. The predicted octanol–water partition coefficient (Wildman–Crippen LogP) is 3.97. The summed E-state index contributed by atoms with van der Waals surface area (Å²) < 4.78 is 19.0. The molecule has 0 spiro atoms. The molecule has 2 aromatic carbocycles. The van der Waals surface area contributed by atoms with Crippen LogP contribution < -0.4 is 10.1 Å². The maximum Gasteiger partial charge on any atom is 0.129 e. The van der Waals surface area contributed by atoms with Crippen LogP contribution >= 0.6 is 0 Å². The van der Waals surface area contributed by atoms with Crippen molar-refractivity contribution in [1.29, 1.82) is 0 Å². The van der Waals surface area contributed by atoms with E-state index in [4.69, 9.17) is 4.74 Å². The molecule has 110 valence electrons. The van der Waals surface area contributed by atoms with Gasteiger partial charge < -0.3 is 10.1 Å². The van der Waals surface area contributed by atoms with Crippen LogP contribution in [0.5, 0.6) is 5.75 Å². The van der Waals surface area contributed by atoms with E-state index < -0.39 is 0 Å². The quantitative estimate of drug-likeness (QED) is 0.867. The maximum atomic E-state index is 13.4. The molecule has 0 saturated heterocycles. The molecule has 0 radical (unpaired) electrons. The molecule has 0 aromatic heterocycles. The van der Waals surface area contributed by atoms with E-state index in [-0.39, 0.29) is 5.82 Å². The minimum Gasteiger partial charge on any atom is -0.489 e. The van der Waals surface area contributed by atoms with Crippen molar-refractivity contribution in [1.82, 2.24) is 5.32 Å². The molecule has 0 bridgehead atoms. The Morgan fingerprint density at radius 1 is 1.10 bits per heavy atom. The molecule has 1 N–H and O–H groups in total. The summed E-state index contributed by atoms with van der Waals surface area (Å²) in [5, 5.41) is 3.49. The van der Waals surface area contributed by atoms with Crippen LogP contribution in [0, 0.1) is 12.7 Å². The van der Waals surface area contributed by atoms with Gasteiger partial charge >= 0.3 is 0 Å². The van der Waals surface area contributed by atoms with Crippen LogP contribution in [0.3, 0.4) is 0 Å². The number of nitrogens with one attached hydrogen (secondary N) is 1. The van der Waals surface area contributed by atoms with E-state index in [1.54, 1.807) is 19.1 Å². The van der Waals surface area contributed by atoms with Gasteiger partial charge in [0.1, 0.15) is 18.2 Å². The van der Waals surface area contributed by atoms with E-state index in [0.717, 1.165) is 18.2 Å². The molecule has 0 atom stereocenters. The fourth-order valence-corrected chi connectivity index (χ4v) is 2.13. The van der Waals surface area contributed by atoms with Crippen LogP contribution in [0.4, 0.5) is 4.39 Å². The third-order valence-electron chi connectivity index (χ3n) is 3.74. The van der Waals surface area contributed by atoms with Crippen LogP contribution in [0.25, 0.3) is 0 Å². The number of aryl methyl sites for hydroxylation is 1. The lowest BCUT2D eigenvalue weighted by Crippen LogP contribution is -2.15. The van der Waals surface area contributed by atoms with Crippen molar-refractivity contribution in [2.75, 3.05) is 0 Å². The van der Waals surface area contributed by atoms with Crippen molar-refractivity contribution in [3.63, 3.8) is 0 Å². The third-order valence-corrected chi connectivity index (χ3v) is 3.74. The zero-order valence-corrected chi connectivity index (χ0v) is 12.2. The van der Waals surface area contributed by atoms with Crippen molar-refractivity contribution in [2.24, 2.45) is 0 Å². The molecule has 2 nitrogen and oxygen atoms in total. The summed E-state index contributed by atoms with van der Waals surface area (Å²) in [6, 6.07) is 14.0. The summed E-state index contributed by atoms with van der Waals surface area (Å²) in [5.41, 5.74) is 3.01. The Morgan fingerprint density at radius 3 is 2.48 bits per heavy atom. The van der Waals surface area contributed by atoms with Gasteiger partial charge in [0.05, 0.1) is 0 Å². The minimum absolute atomic E-state index is 0.228. The summed E-state index contributed by atoms with van der Waals surface area (Å²) >= 11 is 0. The van der Waals surface area contributed by atoms with Gasteiger partial charge in [-0.3, -0.25) is 0 Å². The summed E-state index contributed by atoms with van der Waals surface area (Å²) in [4.78, 5) is 0. The van der Waals surface area contributed by atoms with Crippen molar-refractivity contribution in [3.05, 3.63) is 65.0 Å². The number of benzene rings is 2. The molecule has 3 rings (SSSR count). The Hall–Kier alpha value is -1.87. The smallest absolute Gasteiger partial charge is 0.129 e. The number of rotatable bonds is 6. The third kappa shape index (κ3) is 4.05. The number of halogens is 1. The monoisotopic (exact) mass is 285 g/mol. The van der Waals surface area contributed by atoms with E-state index in [2.05, 4.69) is 29.6 Å². The molecule has 21 heavy (non-hydrogen) atoms. The highest BCUT2D eigenvalue weighted by molar-refractivity contribution is 5.29. The average Bonchev–Trinajstić information content (AvgIpc) is 3.32. The Kier molecular flexibility index (Phi) is 4.20. The Labute approximate surface area is 125 Å². The van der Waals surface area contributed by atoms with Crippen molar-refractivity contribution < 1.29 is 9.13 Å². The van der Waals surface area contributed by atoms with E-state index in [9.17, 15) is 4.39 Å². The van der Waals surface area contributed by atoms with E-state index in [0.29, 0.717) is 17.9 Å². The molecule has 0 heterocycles. The topological polar surface area (TPSA) is 21.3 Å². The molecular formula is C18H20FNO. The van der Waals surface area contributed by atoms with Gasteiger partial charge in [0.15, 0.2) is 0 Å². The zero-order chi connectivity index (χ0) is 14.7. The van der Waals surface area contributed by atoms with Crippen molar-refractivity contribution in [3.8, 4) is 5.75 Å². The predicted molar refractivity (Wildman–Crippen MR) is 81.8 cm³/mol.